The fourth-order valence-electron chi connectivity index (χ4n) is 3.16. The van der Waals surface area contributed by atoms with Gasteiger partial charge in [0.15, 0.2) is 0 Å². The zero-order chi connectivity index (χ0) is 20.4. The van der Waals surface area contributed by atoms with E-state index in [4.69, 9.17) is 4.74 Å². The molecule has 3 nitrogen and oxygen atoms in total. The van der Waals surface area contributed by atoms with Crippen LogP contribution < -0.4 is 4.74 Å². The molecule has 0 saturated carbocycles. The van der Waals surface area contributed by atoms with Crippen LogP contribution in [0.3, 0.4) is 0 Å². The van der Waals surface area contributed by atoms with Crippen molar-refractivity contribution in [2.75, 3.05) is 7.11 Å². The Bertz CT molecular complexity index is 1110. The van der Waals surface area contributed by atoms with E-state index in [0.717, 1.165) is 40.3 Å². The molecule has 0 radical (unpaired) electrons. The van der Waals surface area contributed by atoms with Crippen molar-refractivity contribution in [3.63, 3.8) is 0 Å². The highest BCUT2D eigenvalue weighted by atomic mass is 19.4. The molecule has 0 spiro atoms. The minimum absolute atomic E-state index is 0.645. The third-order valence-electron chi connectivity index (χ3n) is 4.68. The Balaban J connectivity index is 1.69. The molecular weight excluding hydrogens is 377 g/mol. The maximum absolute atomic E-state index is 12.9. The highest BCUT2D eigenvalue weighted by Crippen LogP contribution is 2.34. The van der Waals surface area contributed by atoms with E-state index in [0.29, 0.717) is 11.4 Å². The molecule has 1 aromatic heterocycles. The molecule has 3 aromatic carbocycles. The van der Waals surface area contributed by atoms with E-state index in [-0.39, 0.29) is 0 Å². The summed E-state index contributed by atoms with van der Waals surface area (Å²) in [6.07, 6.45) is -2.62. The minimum Gasteiger partial charge on any atom is -0.497 e. The van der Waals surface area contributed by atoms with Gasteiger partial charge in [0, 0.05) is 5.56 Å². The van der Waals surface area contributed by atoms with Gasteiger partial charge in [0.05, 0.1) is 24.6 Å². The predicted octanol–water partition coefficient (Wildman–Crippen LogP) is 6.44. The van der Waals surface area contributed by atoms with Crippen molar-refractivity contribution in [3.05, 3.63) is 84.6 Å². The molecule has 6 heteroatoms. The molecule has 0 aliphatic carbocycles. The van der Waals surface area contributed by atoms with Crippen LogP contribution in [0.25, 0.3) is 33.8 Å². The van der Waals surface area contributed by atoms with Crippen LogP contribution >= 0.6 is 0 Å². The summed E-state index contributed by atoms with van der Waals surface area (Å²) in [6.45, 7) is 0. The lowest BCUT2D eigenvalue weighted by Crippen LogP contribution is -2.04. The lowest BCUT2D eigenvalue weighted by atomic mass is 9.98. The van der Waals surface area contributed by atoms with Gasteiger partial charge in [-0.2, -0.15) is 13.2 Å². The van der Waals surface area contributed by atoms with Crippen molar-refractivity contribution in [1.29, 1.82) is 0 Å². The van der Waals surface area contributed by atoms with E-state index < -0.39 is 11.7 Å². The number of H-pyrrole nitrogens is 1. The summed E-state index contributed by atoms with van der Waals surface area (Å²) in [5.41, 5.74) is 3.43. The van der Waals surface area contributed by atoms with E-state index in [1.807, 2.05) is 48.5 Å². The molecule has 0 aliphatic heterocycles. The molecule has 1 heterocycles. The number of ether oxygens (including phenoxy) is 1. The van der Waals surface area contributed by atoms with Gasteiger partial charge in [-0.05, 0) is 53.1 Å². The second kappa shape index (κ2) is 7.47. The maximum Gasteiger partial charge on any atom is 0.416 e. The molecule has 0 unspecified atom stereocenters. The summed E-state index contributed by atoms with van der Waals surface area (Å²) >= 11 is 0. The van der Waals surface area contributed by atoms with Gasteiger partial charge in [-0.1, -0.05) is 36.4 Å². The molecule has 0 fully saturated rings. The molecule has 0 amide bonds. The van der Waals surface area contributed by atoms with Crippen molar-refractivity contribution < 1.29 is 17.9 Å². The lowest BCUT2D eigenvalue weighted by molar-refractivity contribution is -0.137. The van der Waals surface area contributed by atoms with Crippen molar-refractivity contribution >= 4 is 0 Å². The number of aromatic amines is 1. The highest BCUT2D eigenvalue weighted by molar-refractivity contribution is 5.81. The van der Waals surface area contributed by atoms with Crippen LogP contribution in [0.15, 0.2) is 79.0 Å². The number of methoxy groups -OCH3 is 1. The number of hydrogen-bond acceptors (Lipinski definition) is 2. The van der Waals surface area contributed by atoms with Crippen LogP contribution in [0, 0.1) is 0 Å². The Kier molecular flexibility index (Phi) is 4.84. The normalized spacial score (nSPS) is 11.4. The van der Waals surface area contributed by atoms with E-state index in [9.17, 15) is 13.2 Å². The van der Waals surface area contributed by atoms with Crippen LogP contribution in [0.4, 0.5) is 13.2 Å². The molecule has 0 atom stereocenters. The average molecular weight is 394 g/mol. The van der Waals surface area contributed by atoms with Gasteiger partial charge < -0.3 is 9.72 Å². The molecule has 0 saturated heterocycles. The second-order valence-corrected chi connectivity index (χ2v) is 6.49. The van der Waals surface area contributed by atoms with E-state index in [1.54, 1.807) is 13.3 Å². The van der Waals surface area contributed by atoms with E-state index >= 15 is 0 Å². The SMILES string of the molecule is COc1ccc(-c2cnc(-c3ccccc3-c3ccc(C(F)(F)F)cc3)[nH]2)cc1. The van der Waals surface area contributed by atoms with Gasteiger partial charge in [0.25, 0.3) is 0 Å². The molecule has 4 rings (SSSR count). The van der Waals surface area contributed by atoms with Gasteiger partial charge in [-0.15, -0.1) is 0 Å². The summed E-state index contributed by atoms with van der Waals surface area (Å²) in [4.78, 5) is 7.78. The predicted molar refractivity (Wildman–Crippen MR) is 106 cm³/mol. The Morgan fingerprint density at radius 3 is 2.03 bits per heavy atom. The summed E-state index contributed by atoms with van der Waals surface area (Å²) < 4.78 is 43.7. The van der Waals surface area contributed by atoms with E-state index in [2.05, 4.69) is 9.97 Å². The standard InChI is InChI=1S/C23H17F3N2O/c1-29-18-12-8-16(9-13-18)21-14-27-22(28-21)20-5-3-2-4-19(20)15-6-10-17(11-7-15)23(24,25)26/h2-14H,1H3,(H,27,28). The monoisotopic (exact) mass is 394 g/mol. The van der Waals surface area contributed by atoms with Gasteiger partial charge >= 0.3 is 6.18 Å². The van der Waals surface area contributed by atoms with Gasteiger partial charge in [0.1, 0.15) is 11.6 Å². The molecular formula is C23H17F3N2O. The smallest absolute Gasteiger partial charge is 0.416 e. The average Bonchev–Trinajstić information content (AvgIpc) is 3.23. The Hall–Kier alpha value is -3.54. The number of imidazole rings is 1. The second-order valence-electron chi connectivity index (χ2n) is 6.49. The molecule has 29 heavy (non-hydrogen) atoms. The molecule has 1 N–H and O–H groups in total. The Morgan fingerprint density at radius 1 is 0.793 bits per heavy atom. The summed E-state index contributed by atoms with van der Waals surface area (Å²) in [6, 6.07) is 20.2. The fourth-order valence-corrected chi connectivity index (χ4v) is 3.16. The first-order valence-electron chi connectivity index (χ1n) is 8.92. The number of aromatic nitrogens is 2. The van der Waals surface area contributed by atoms with Crippen molar-refractivity contribution in [1.82, 2.24) is 9.97 Å². The summed E-state index contributed by atoms with van der Waals surface area (Å²) in [5, 5.41) is 0. The van der Waals surface area contributed by atoms with Crippen LogP contribution in [0.5, 0.6) is 5.75 Å². The van der Waals surface area contributed by atoms with Crippen LogP contribution in [-0.4, -0.2) is 17.1 Å². The Labute approximate surface area is 165 Å². The number of rotatable bonds is 4. The number of alkyl halides is 3. The molecule has 0 aliphatic rings. The minimum atomic E-state index is -4.35. The van der Waals surface area contributed by atoms with Crippen molar-refractivity contribution in [2.24, 2.45) is 0 Å². The van der Waals surface area contributed by atoms with Crippen LogP contribution in [-0.2, 0) is 6.18 Å². The number of hydrogen-bond donors (Lipinski definition) is 1. The van der Waals surface area contributed by atoms with E-state index in [1.165, 1.54) is 12.1 Å². The van der Waals surface area contributed by atoms with Gasteiger partial charge in [-0.3, -0.25) is 0 Å². The first-order valence-corrected chi connectivity index (χ1v) is 8.92. The van der Waals surface area contributed by atoms with Crippen LogP contribution in [0.1, 0.15) is 5.56 Å². The quantitative estimate of drug-likeness (QED) is 0.433. The zero-order valence-electron chi connectivity index (χ0n) is 15.5. The lowest BCUT2D eigenvalue weighted by Gasteiger charge is -2.10. The fraction of sp³-hybridized carbons (Fsp3) is 0.0870. The third kappa shape index (κ3) is 3.87. The number of nitrogens with one attached hydrogen (secondary N) is 1. The topological polar surface area (TPSA) is 37.9 Å². The highest BCUT2D eigenvalue weighted by Gasteiger charge is 2.30. The first kappa shape index (κ1) is 18.8. The molecule has 4 aromatic rings. The number of benzene rings is 3. The van der Waals surface area contributed by atoms with Crippen molar-refractivity contribution in [3.8, 4) is 39.5 Å². The molecule has 146 valence electrons. The van der Waals surface area contributed by atoms with Gasteiger partial charge in [0.2, 0.25) is 0 Å². The van der Waals surface area contributed by atoms with Gasteiger partial charge in [-0.25, -0.2) is 4.98 Å². The van der Waals surface area contributed by atoms with Crippen LogP contribution in [0.2, 0.25) is 0 Å². The summed E-state index contributed by atoms with van der Waals surface area (Å²) in [5.74, 6) is 1.41. The number of halogens is 3. The third-order valence-corrected chi connectivity index (χ3v) is 4.68. The molecule has 0 bridgehead atoms. The number of nitrogens with zero attached hydrogens (tertiary/aromatic N) is 1. The first-order chi connectivity index (χ1) is 14.0. The zero-order valence-corrected chi connectivity index (χ0v) is 15.5. The maximum atomic E-state index is 12.9. The summed E-state index contributed by atoms with van der Waals surface area (Å²) in [7, 11) is 1.61. The van der Waals surface area contributed by atoms with Crippen molar-refractivity contribution in [2.45, 2.75) is 6.18 Å². The Morgan fingerprint density at radius 2 is 1.41 bits per heavy atom. The largest absolute Gasteiger partial charge is 0.497 e.